The Bertz CT molecular complexity index is 626. The number of amides is 3. The van der Waals surface area contributed by atoms with Gasteiger partial charge in [0.25, 0.3) is 5.91 Å². The van der Waals surface area contributed by atoms with Crippen LogP contribution in [0.15, 0.2) is 18.2 Å². The van der Waals surface area contributed by atoms with E-state index in [1.165, 1.54) is 4.90 Å². The fourth-order valence-corrected chi connectivity index (χ4v) is 4.30. The summed E-state index contributed by atoms with van der Waals surface area (Å²) in [5.41, 5.74) is 1.60. The van der Waals surface area contributed by atoms with Gasteiger partial charge < -0.3 is 10.1 Å². The van der Waals surface area contributed by atoms with Crippen LogP contribution in [0.4, 0.5) is 4.79 Å². The molecule has 0 saturated carbocycles. The standard InChI is InChI=1S/C17H22N2O3S/c1-12-4-5-13(2)14(10-12)22-8-3-7-19-15(20)17(18-16(19)21)6-9-23-11-17/h4-5,10H,3,6-9,11H2,1-2H3,(H,18,21). The molecular weight excluding hydrogens is 312 g/mol. The normalized spacial score (nSPS) is 23.7. The minimum absolute atomic E-state index is 0.0702. The summed E-state index contributed by atoms with van der Waals surface area (Å²) in [6, 6.07) is 5.83. The van der Waals surface area contributed by atoms with Crippen molar-refractivity contribution in [2.24, 2.45) is 0 Å². The molecule has 5 nitrogen and oxygen atoms in total. The second kappa shape index (κ2) is 6.43. The van der Waals surface area contributed by atoms with Crippen LogP contribution in [0, 0.1) is 13.8 Å². The fourth-order valence-electron chi connectivity index (χ4n) is 2.98. The lowest BCUT2D eigenvalue weighted by Gasteiger charge is -2.19. The minimum atomic E-state index is -0.643. The first-order valence-electron chi connectivity index (χ1n) is 7.94. The molecule has 124 valence electrons. The van der Waals surface area contributed by atoms with Gasteiger partial charge in [0, 0.05) is 12.3 Å². The topological polar surface area (TPSA) is 58.6 Å². The minimum Gasteiger partial charge on any atom is -0.493 e. The monoisotopic (exact) mass is 334 g/mol. The maximum absolute atomic E-state index is 12.5. The van der Waals surface area contributed by atoms with E-state index in [4.69, 9.17) is 4.74 Å². The summed E-state index contributed by atoms with van der Waals surface area (Å²) < 4.78 is 5.79. The molecule has 1 atom stereocenters. The van der Waals surface area contributed by atoms with Gasteiger partial charge in [-0.15, -0.1) is 0 Å². The molecule has 2 saturated heterocycles. The maximum atomic E-state index is 12.5. The van der Waals surface area contributed by atoms with Gasteiger partial charge in [0.1, 0.15) is 11.3 Å². The van der Waals surface area contributed by atoms with Gasteiger partial charge in [-0.3, -0.25) is 9.69 Å². The number of hydrogen-bond acceptors (Lipinski definition) is 4. The highest BCUT2D eigenvalue weighted by Gasteiger charge is 2.52. The van der Waals surface area contributed by atoms with Crippen molar-refractivity contribution in [1.82, 2.24) is 10.2 Å². The van der Waals surface area contributed by atoms with Crippen molar-refractivity contribution < 1.29 is 14.3 Å². The van der Waals surface area contributed by atoms with Crippen molar-refractivity contribution in [1.29, 1.82) is 0 Å². The van der Waals surface area contributed by atoms with E-state index in [-0.39, 0.29) is 11.9 Å². The van der Waals surface area contributed by atoms with Crippen molar-refractivity contribution in [3.05, 3.63) is 29.3 Å². The van der Waals surface area contributed by atoms with Crippen molar-refractivity contribution >= 4 is 23.7 Å². The molecule has 1 N–H and O–H groups in total. The highest BCUT2D eigenvalue weighted by atomic mass is 32.2. The van der Waals surface area contributed by atoms with Crippen LogP contribution in [-0.2, 0) is 4.79 Å². The molecule has 0 radical (unpaired) electrons. The van der Waals surface area contributed by atoms with Crippen LogP contribution in [-0.4, -0.2) is 47.0 Å². The first-order chi connectivity index (χ1) is 11.0. The van der Waals surface area contributed by atoms with E-state index in [0.29, 0.717) is 25.3 Å². The predicted octanol–water partition coefficient (Wildman–Crippen LogP) is 2.50. The number of carbonyl (C=O) groups excluding carboxylic acids is 2. The molecule has 2 aliphatic rings. The van der Waals surface area contributed by atoms with Gasteiger partial charge in [-0.1, -0.05) is 12.1 Å². The molecule has 0 aromatic heterocycles. The lowest BCUT2D eigenvalue weighted by molar-refractivity contribution is -0.130. The summed E-state index contributed by atoms with van der Waals surface area (Å²) in [5.74, 6) is 2.41. The molecule has 2 heterocycles. The van der Waals surface area contributed by atoms with Gasteiger partial charge in [-0.25, -0.2) is 4.79 Å². The van der Waals surface area contributed by atoms with Crippen LogP contribution < -0.4 is 10.1 Å². The van der Waals surface area contributed by atoms with E-state index in [1.807, 2.05) is 26.0 Å². The van der Waals surface area contributed by atoms with Crippen molar-refractivity contribution in [2.75, 3.05) is 24.7 Å². The number of benzene rings is 1. The SMILES string of the molecule is Cc1ccc(C)c(OCCCN2C(=O)NC3(CCSC3)C2=O)c1. The van der Waals surface area contributed by atoms with Crippen molar-refractivity contribution in [3.8, 4) is 5.75 Å². The van der Waals surface area contributed by atoms with Gasteiger partial charge >= 0.3 is 6.03 Å². The molecule has 1 aromatic carbocycles. The van der Waals surface area contributed by atoms with Crippen LogP contribution in [0.2, 0.25) is 0 Å². The molecule has 2 aliphatic heterocycles. The zero-order valence-electron chi connectivity index (χ0n) is 13.6. The predicted molar refractivity (Wildman–Crippen MR) is 90.9 cm³/mol. The summed E-state index contributed by atoms with van der Waals surface area (Å²) in [5, 5.41) is 2.88. The van der Waals surface area contributed by atoms with E-state index < -0.39 is 5.54 Å². The second-order valence-corrected chi connectivity index (χ2v) is 7.35. The molecule has 3 rings (SSSR count). The molecule has 2 fully saturated rings. The number of thioether (sulfide) groups is 1. The Hall–Kier alpha value is -1.69. The highest BCUT2D eigenvalue weighted by Crippen LogP contribution is 2.33. The fraction of sp³-hybridized carbons (Fsp3) is 0.529. The number of rotatable bonds is 5. The number of hydrogen-bond donors (Lipinski definition) is 1. The summed E-state index contributed by atoms with van der Waals surface area (Å²) in [6.07, 6.45) is 1.37. The number of urea groups is 1. The maximum Gasteiger partial charge on any atom is 0.325 e. The Labute approximate surface area is 140 Å². The number of carbonyl (C=O) groups is 2. The van der Waals surface area contributed by atoms with Crippen molar-refractivity contribution in [2.45, 2.75) is 32.2 Å². The number of aryl methyl sites for hydroxylation is 2. The van der Waals surface area contributed by atoms with E-state index >= 15 is 0 Å². The summed E-state index contributed by atoms with van der Waals surface area (Å²) in [6.45, 7) is 4.93. The molecule has 1 spiro atoms. The van der Waals surface area contributed by atoms with E-state index in [9.17, 15) is 9.59 Å². The van der Waals surface area contributed by atoms with Crippen LogP contribution in [0.25, 0.3) is 0 Å². The Morgan fingerprint density at radius 1 is 1.35 bits per heavy atom. The Morgan fingerprint density at radius 3 is 2.91 bits per heavy atom. The number of nitrogens with one attached hydrogen (secondary N) is 1. The average molecular weight is 334 g/mol. The Kier molecular flexibility index (Phi) is 4.53. The summed E-state index contributed by atoms with van der Waals surface area (Å²) in [4.78, 5) is 25.9. The van der Waals surface area contributed by atoms with Crippen LogP contribution in [0.1, 0.15) is 24.0 Å². The third-order valence-electron chi connectivity index (χ3n) is 4.39. The molecule has 23 heavy (non-hydrogen) atoms. The van der Waals surface area contributed by atoms with Gasteiger partial charge in [0.2, 0.25) is 0 Å². The molecule has 3 amide bonds. The van der Waals surface area contributed by atoms with Crippen LogP contribution in [0.3, 0.4) is 0 Å². The second-order valence-electron chi connectivity index (χ2n) is 6.24. The molecule has 0 aliphatic carbocycles. The van der Waals surface area contributed by atoms with Crippen LogP contribution in [0.5, 0.6) is 5.75 Å². The third-order valence-corrected chi connectivity index (χ3v) is 5.58. The molecule has 1 unspecified atom stereocenters. The molecule has 6 heteroatoms. The van der Waals surface area contributed by atoms with Crippen LogP contribution >= 0.6 is 11.8 Å². The average Bonchev–Trinajstić information content (AvgIpc) is 3.07. The summed E-state index contributed by atoms with van der Waals surface area (Å²) in [7, 11) is 0. The molecule has 0 bridgehead atoms. The largest absolute Gasteiger partial charge is 0.493 e. The smallest absolute Gasteiger partial charge is 0.325 e. The number of imide groups is 1. The zero-order chi connectivity index (χ0) is 16.4. The lowest BCUT2D eigenvalue weighted by atomic mass is 9.99. The molecular formula is C17H22N2O3S. The quantitative estimate of drug-likeness (QED) is 0.664. The van der Waals surface area contributed by atoms with Gasteiger partial charge in [0.15, 0.2) is 0 Å². The Morgan fingerprint density at radius 2 is 2.17 bits per heavy atom. The first-order valence-corrected chi connectivity index (χ1v) is 9.09. The van der Waals surface area contributed by atoms with Gasteiger partial charge in [0.05, 0.1) is 6.61 Å². The van der Waals surface area contributed by atoms with Gasteiger partial charge in [-0.2, -0.15) is 11.8 Å². The third kappa shape index (κ3) is 3.17. The lowest BCUT2D eigenvalue weighted by Crippen LogP contribution is -2.47. The summed E-state index contributed by atoms with van der Waals surface area (Å²) >= 11 is 1.72. The molecule has 1 aromatic rings. The van der Waals surface area contributed by atoms with E-state index in [1.54, 1.807) is 11.8 Å². The zero-order valence-corrected chi connectivity index (χ0v) is 14.4. The van der Waals surface area contributed by atoms with E-state index in [0.717, 1.165) is 29.1 Å². The number of ether oxygens (including phenoxy) is 1. The van der Waals surface area contributed by atoms with Gasteiger partial charge in [-0.05, 0) is 49.6 Å². The first kappa shape index (κ1) is 16.2. The Balaban J connectivity index is 1.52. The number of nitrogens with zero attached hydrogens (tertiary/aromatic N) is 1. The highest BCUT2D eigenvalue weighted by molar-refractivity contribution is 7.99. The van der Waals surface area contributed by atoms with Crippen molar-refractivity contribution in [3.63, 3.8) is 0 Å². The van der Waals surface area contributed by atoms with E-state index in [2.05, 4.69) is 11.4 Å².